The lowest BCUT2D eigenvalue weighted by Gasteiger charge is -2.48. The largest absolute Gasteiger partial charge is 0.329 e. The fraction of sp³-hybridized carbons (Fsp3) is 0.647. The van der Waals surface area contributed by atoms with Crippen molar-refractivity contribution in [2.45, 2.75) is 51.6 Å². The standard InChI is InChI=1S/C17H27BrN2/c1-16(2)7-9-17(13-19,10-8-16)20(3)12-14-5-4-6-15(18)11-14/h4-6,11H,7-10,12-13,19H2,1-3H3. The molecule has 1 aliphatic rings. The van der Waals surface area contributed by atoms with Crippen LogP contribution in [0.2, 0.25) is 0 Å². The number of halogens is 1. The third-order valence-electron chi connectivity index (χ3n) is 5.03. The van der Waals surface area contributed by atoms with Crippen LogP contribution in [0.15, 0.2) is 28.7 Å². The predicted octanol–water partition coefficient (Wildman–Crippen LogP) is 4.18. The van der Waals surface area contributed by atoms with Gasteiger partial charge >= 0.3 is 0 Å². The summed E-state index contributed by atoms with van der Waals surface area (Å²) < 4.78 is 1.15. The molecule has 0 aromatic heterocycles. The Morgan fingerprint density at radius 3 is 2.40 bits per heavy atom. The quantitative estimate of drug-likeness (QED) is 0.892. The molecule has 1 aromatic rings. The van der Waals surface area contributed by atoms with Crippen LogP contribution in [-0.4, -0.2) is 24.0 Å². The molecule has 0 spiro atoms. The van der Waals surface area contributed by atoms with Gasteiger partial charge < -0.3 is 5.73 Å². The second kappa shape index (κ2) is 6.17. The van der Waals surface area contributed by atoms with E-state index in [1.807, 2.05) is 0 Å². The summed E-state index contributed by atoms with van der Waals surface area (Å²) in [5, 5.41) is 0. The van der Waals surface area contributed by atoms with E-state index in [1.165, 1.54) is 31.2 Å². The van der Waals surface area contributed by atoms with Crippen molar-refractivity contribution >= 4 is 15.9 Å². The molecule has 112 valence electrons. The van der Waals surface area contributed by atoms with Gasteiger partial charge in [-0.2, -0.15) is 0 Å². The number of hydrogen-bond acceptors (Lipinski definition) is 2. The zero-order valence-corrected chi connectivity index (χ0v) is 14.5. The average Bonchev–Trinajstić information content (AvgIpc) is 2.39. The Morgan fingerprint density at radius 2 is 1.85 bits per heavy atom. The van der Waals surface area contributed by atoms with Crippen molar-refractivity contribution < 1.29 is 0 Å². The van der Waals surface area contributed by atoms with Gasteiger partial charge in [-0.1, -0.05) is 41.9 Å². The lowest BCUT2D eigenvalue weighted by atomic mass is 9.68. The Kier molecular flexibility index (Phi) is 4.93. The van der Waals surface area contributed by atoms with Crippen LogP contribution in [0.1, 0.15) is 45.1 Å². The number of likely N-dealkylation sites (N-methyl/N-ethyl adjacent to an activating group) is 1. The first-order valence-corrected chi connectivity index (χ1v) is 8.32. The second-order valence-corrected chi connectivity index (χ2v) is 7.99. The molecule has 20 heavy (non-hydrogen) atoms. The molecule has 2 nitrogen and oxygen atoms in total. The molecule has 0 bridgehead atoms. The average molecular weight is 339 g/mol. The van der Waals surface area contributed by atoms with E-state index in [9.17, 15) is 0 Å². The van der Waals surface area contributed by atoms with Gasteiger partial charge in [-0.05, 0) is 55.8 Å². The summed E-state index contributed by atoms with van der Waals surface area (Å²) in [4.78, 5) is 2.48. The van der Waals surface area contributed by atoms with Crippen LogP contribution < -0.4 is 5.73 Å². The van der Waals surface area contributed by atoms with Crippen LogP contribution >= 0.6 is 15.9 Å². The van der Waals surface area contributed by atoms with Crippen LogP contribution in [0.25, 0.3) is 0 Å². The highest BCUT2D eigenvalue weighted by Gasteiger charge is 2.40. The van der Waals surface area contributed by atoms with Gasteiger partial charge in [0.1, 0.15) is 0 Å². The van der Waals surface area contributed by atoms with Crippen molar-refractivity contribution in [3.63, 3.8) is 0 Å². The SMILES string of the molecule is CN(Cc1cccc(Br)c1)C1(CN)CCC(C)(C)CC1. The lowest BCUT2D eigenvalue weighted by Crippen LogP contribution is -2.54. The fourth-order valence-electron chi connectivity index (χ4n) is 3.21. The topological polar surface area (TPSA) is 29.3 Å². The molecule has 0 radical (unpaired) electrons. The van der Waals surface area contributed by atoms with E-state index < -0.39 is 0 Å². The Labute approximate surface area is 131 Å². The number of benzene rings is 1. The van der Waals surface area contributed by atoms with E-state index in [4.69, 9.17) is 5.73 Å². The zero-order chi connectivity index (χ0) is 14.8. The number of nitrogens with two attached hydrogens (primary N) is 1. The first kappa shape index (κ1) is 16.0. The smallest absolute Gasteiger partial charge is 0.0332 e. The van der Waals surface area contributed by atoms with Crippen LogP contribution in [-0.2, 0) is 6.54 Å². The predicted molar refractivity (Wildman–Crippen MR) is 89.6 cm³/mol. The summed E-state index contributed by atoms with van der Waals surface area (Å²) in [7, 11) is 2.23. The summed E-state index contributed by atoms with van der Waals surface area (Å²) in [6.07, 6.45) is 4.96. The van der Waals surface area contributed by atoms with Gasteiger partial charge in [-0.25, -0.2) is 0 Å². The highest BCUT2D eigenvalue weighted by atomic mass is 79.9. The maximum atomic E-state index is 6.16. The molecule has 2 N–H and O–H groups in total. The van der Waals surface area contributed by atoms with Crippen LogP contribution in [0.4, 0.5) is 0 Å². The van der Waals surface area contributed by atoms with E-state index in [-0.39, 0.29) is 5.54 Å². The van der Waals surface area contributed by atoms with Gasteiger partial charge in [0, 0.05) is 23.1 Å². The molecule has 1 aliphatic carbocycles. The third-order valence-corrected chi connectivity index (χ3v) is 5.53. The molecule has 2 rings (SSSR count). The summed E-state index contributed by atoms with van der Waals surface area (Å²) in [6, 6.07) is 8.57. The normalized spacial score (nSPS) is 21.1. The fourth-order valence-corrected chi connectivity index (χ4v) is 3.66. The highest BCUT2D eigenvalue weighted by Crippen LogP contribution is 2.42. The first-order valence-electron chi connectivity index (χ1n) is 7.53. The number of nitrogens with zero attached hydrogens (tertiary/aromatic N) is 1. The summed E-state index contributed by atoms with van der Waals surface area (Å²) in [5.41, 5.74) is 8.17. The van der Waals surface area contributed by atoms with Gasteiger partial charge in [-0.15, -0.1) is 0 Å². The molecule has 3 heteroatoms. The van der Waals surface area contributed by atoms with Crippen LogP contribution in [0.5, 0.6) is 0 Å². The molecule has 1 saturated carbocycles. The molecular formula is C17H27BrN2. The number of hydrogen-bond donors (Lipinski definition) is 1. The minimum absolute atomic E-state index is 0.178. The molecule has 0 heterocycles. The van der Waals surface area contributed by atoms with Gasteiger partial charge in [-0.3, -0.25) is 4.90 Å². The molecule has 0 unspecified atom stereocenters. The van der Waals surface area contributed by atoms with Crippen molar-refractivity contribution in [1.29, 1.82) is 0 Å². The van der Waals surface area contributed by atoms with Gasteiger partial charge in [0.15, 0.2) is 0 Å². The Morgan fingerprint density at radius 1 is 1.20 bits per heavy atom. The van der Waals surface area contributed by atoms with Gasteiger partial charge in [0.05, 0.1) is 0 Å². The van der Waals surface area contributed by atoms with Gasteiger partial charge in [0.2, 0.25) is 0 Å². The molecule has 0 aliphatic heterocycles. The molecule has 0 amide bonds. The lowest BCUT2D eigenvalue weighted by molar-refractivity contribution is 0.0364. The van der Waals surface area contributed by atoms with Crippen molar-refractivity contribution in [2.24, 2.45) is 11.1 Å². The summed E-state index contributed by atoms with van der Waals surface area (Å²) >= 11 is 3.55. The maximum absolute atomic E-state index is 6.16. The first-order chi connectivity index (χ1) is 9.37. The van der Waals surface area contributed by atoms with Crippen molar-refractivity contribution in [1.82, 2.24) is 4.90 Å². The Bertz CT molecular complexity index is 446. The minimum Gasteiger partial charge on any atom is -0.329 e. The molecular weight excluding hydrogens is 312 g/mol. The van der Waals surface area contributed by atoms with Crippen molar-refractivity contribution in [3.8, 4) is 0 Å². The monoisotopic (exact) mass is 338 g/mol. The molecule has 0 atom stereocenters. The van der Waals surface area contributed by atoms with Crippen molar-refractivity contribution in [2.75, 3.05) is 13.6 Å². The zero-order valence-electron chi connectivity index (χ0n) is 13.0. The Hall–Kier alpha value is -0.380. The summed E-state index contributed by atoms with van der Waals surface area (Å²) in [6.45, 7) is 6.48. The van der Waals surface area contributed by atoms with Crippen LogP contribution in [0, 0.1) is 5.41 Å². The second-order valence-electron chi connectivity index (χ2n) is 7.08. The maximum Gasteiger partial charge on any atom is 0.0332 e. The third kappa shape index (κ3) is 3.63. The summed E-state index contributed by atoms with van der Waals surface area (Å²) in [5.74, 6) is 0. The molecule has 0 saturated heterocycles. The van der Waals surface area contributed by atoms with E-state index in [2.05, 4.69) is 66.0 Å². The highest BCUT2D eigenvalue weighted by molar-refractivity contribution is 9.10. The van der Waals surface area contributed by atoms with Gasteiger partial charge in [0.25, 0.3) is 0 Å². The minimum atomic E-state index is 0.178. The van der Waals surface area contributed by atoms with Crippen molar-refractivity contribution in [3.05, 3.63) is 34.3 Å². The van der Waals surface area contributed by atoms with E-state index >= 15 is 0 Å². The Balaban J connectivity index is 2.08. The number of rotatable bonds is 4. The van der Waals surface area contributed by atoms with E-state index in [0.29, 0.717) is 5.41 Å². The molecule has 1 aromatic carbocycles. The van der Waals surface area contributed by atoms with Crippen LogP contribution in [0.3, 0.4) is 0 Å². The van der Waals surface area contributed by atoms with E-state index in [0.717, 1.165) is 17.6 Å². The van der Waals surface area contributed by atoms with E-state index in [1.54, 1.807) is 0 Å². The molecule has 1 fully saturated rings.